The van der Waals surface area contributed by atoms with Crippen LogP contribution in [-0.4, -0.2) is 32.5 Å². The summed E-state index contributed by atoms with van der Waals surface area (Å²) in [5.41, 5.74) is 6.77. The SMILES string of the molecule is COc1cc([C@H](O)C[C@H](N)C(C)(C)C)cc(OC)c1OC.Cl. The molecule has 0 bridgehead atoms. The molecule has 3 N–H and O–H groups in total. The molecule has 128 valence electrons. The highest BCUT2D eigenvalue weighted by atomic mass is 35.5. The highest BCUT2D eigenvalue weighted by molar-refractivity contribution is 5.85. The van der Waals surface area contributed by atoms with Crippen LogP contribution in [0.1, 0.15) is 38.9 Å². The lowest BCUT2D eigenvalue weighted by Gasteiger charge is -2.29. The van der Waals surface area contributed by atoms with E-state index in [1.807, 2.05) is 0 Å². The second kappa shape index (κ2) is 8.46. The smallest absolute Gasteiger partial charge is 0.203 e. The second-order valence-electron chi connectivity index (χ2n) is 6.18. The van der Waals surface area contributed by atoms with E-state index in [1.165, 1.54) is 0 Å². The minimum atomic E-state index is -0.687. The molecule has 0 radical (unpaired) electrons. The predicted octanol–water partition coefficient (Wildman–Crippen LogP) is 2.93. The molecule has 6 heteroatoms. The van der Waals surface area contributed by atoms with Gasteiger partial charge in [-0.2, -0.15) is 0 Å². The number of aliphatic hydroxyl groups excluding tert-OH is 1. The molecule has 0 aliphatic heterocycles. The van der Waals surface area contributed by atoms with Crippen LogP contribution in [0.5, 0.6) is 17.2 Å². The molecule has 0 amide bonds. The van der Waals surface area contributed by atoms with Crippen LogP contribution >= 0.6 is 12.4 Å². The van der Waals surface area contributed by atoms with E-state index < -0.39 is 6.10 Å². The monoisotopic (exact) mass is 333 g/mol. The molecule has 0 fully saturated rings. The number of hydrogen-bond acceptors (Lipinski definition) is 5. The van der Waals surface area contributed by atoms with Gasteiger partial charge in [0.05, 0.1) is 27.4 Å². The van der Waals surface area contributed by atoms with Crippen molar-refractivity contribution in [1.82, 2.24) is 0 Å². The standard InChI is InChI=1S/C16H27NO4.ClH/c1-16(2,3)14(17)9-11(18)10-7-12(19-4)15(21-6)13(8-10)20-5;/h7-8,11,14,18H,9,17H2,1-6H3;1H/t11-,14+;/m1./s1. The molecule has 0 saturated heterocycles. The minimum Gasteiger partial charge on any atom is -0.493 e. The van der Waals surface area contributed by atoms with Crippen LogP contribution in [0.15, 0.2) is 12.1 Å². The Labute approximate surface area is 139 Å². The zero-order chi connectivity index (χ0) is 16.2. The summed E-state index contributed by atoms with van der Waals surface area (Å²) >= 11 is 0. The molecule has 0 heterocycles. The van der Waals surface area contributed by atoms with Crippen LogP contribution in [0.4, 0.5) is 0 Å². The first-order valence-corrected chi connectivity index (χ1v) is 6.98. The number of rotatable bonds is 6. The predicted molar refractivity (Wildman–Crippen MR) is 90.4 cm³/mol. The molecular weight excluding hydrogens is 306 g/mol. The summed E-state index contributed by atoms with van der Waals surface area (Å²) in [5.74, 6) is 1.56. The number of hydrogen-bond donors (Lipinski definition) is 2. The molecule has 0 aromatic heterocycles. The van der Waals surface area contributed by atoms with Gasteiger partial charge in [-0.25, -0.2) is 0 Å². The molecule has 0 saturated carbocycles. The molecule has 2 atom stereocenters. The van der Waals surface area contributed by atoms with Crippen molar-refractivity contribution in [2.45, 2.75) is 39.3 Å². The lowest BCUT2D eigenvalue weighted by atomic mass is 9.83. The van der Waals surface area contributed by atoms with Crippen LogP contribution in [0.25, 0.3) is 0 Å². The van der Waals surface area contributed by atoms with Gasteiger partial charge in [0, 0.05) is 6.04 Å². The number of ether oxygens (including phenoxy) is 3. The first-order chi connectivity index (χ1) is 9.74. The maximum atomic E-state index is 10.4. The van der Waals surface area contributed by atoms with Crippen molar-refractivity contribution in [2.24, 2.45) is 11.1 Å². The van der Waals surface area contributed by atoms with Gasteiger partial charge >= 0.3 is 0 Å². The Kier molecular flexibility index (Phi) is 8.01. The fourth-order valence-corrected chi connectivity index (χ4v) is 2.02. The van der Waals surface area contributed by atoms with E-state index in [-0.39, 0.29) is 23.9 Å². The molecule has 0 aliphatic carbocycles. The van der Waals surface area contributed by atoms with E-state index in [2.05, 4.69) is 20.8 Å². The third kappa shape index (κ3) is 4.93. The third-order valence-corrected chi connectivity index (χ3v) is 3.66. The molecule has 1 aromatic carbocycles. The van der Waals surface area contributed by atoms with Crippen molar-refractivity contribution >= 4 is 12.4 Å². The number of benzene rings is 1. The van der Waals surface area contributed by atoms with Crippen LogP contribution in [0, 0.1) is 5.41 Å². The minimum absolute atomic E-state index is 0. The molecule has 22 heavy (non-hydrogen) atoms. The summed E-state index contributed by atoms with van der Waals surface area (Å²) in [4.78, 5) is 0. The van der Waals surface area contributed by atoms with Crippen molar-refractivity contribution in [1.29, 1.82) is 0 Å². The van der Waals surface area contributed by atoms with Crippen LogP contribution in [0.3, 0.4) is 0 Å². The highest BCUT2D eigenvalue weighted by Gasteiger charge is 2.25. The van der Waals surface area contributed by atoms with Crippen molar-refractivity contribution in [3.05, 3.63) is 17.7 Å². The van der Waals surface area contributed by atoms with E-state index in [0.717, 1.165) is 0 Å². The van der Waals surface area contributed by atoms with Gasteiger partial charge in [0.2, 0.25) is 5.75 Å². The lowest BCUT2D eigenvalue weighted by Crippen LogP contribution is -2.36. The Hall–Kier alpha value is -1.17. The Morgan fingerprint density at radius 1 is 1.05 bits per heavy atom. The molecule has 1 aromatic rings. The number of methoxy groups -OCH3 is 3. The average Bonchev–Trinajstić information content (AvgIpc) is 2.44. The molecule has 0 aliphatic rings. The van der Waals surface area contributed by atoms with Gasteiger partial charge in [-0.1, -0.05) is 20.8 Å². The Balaban J connectivity index is 0.00000441. The van der Waals surface area contributed by atoms with E-state index in [0.29, 0.717) is 29.2 Å². The number of aliphatic hydroxyl groups is 1. The fraction of sp³-hybridized carbons (Fsp3) is 0.625. The normalized spacial score (nSPS) is 13.8. The Bertz CT molecular complexity index is 449. The zero-order valence-electron chi connectivity index (χ0n) is 14.2. The quantitative estimate of drug-likeness (QED) is 0.837. The van der Waals surface area contributed by atoms with Crippen LogP contribution in [-0.2, 0) is 0 Å². The van der Waals surface area contributed by atoms with Gasteiger partial charge in [0.1, 0.15) is 0 Å². The van der Waals surface area contributed by atoms with Gasteiger partial charge in [-0.3, -0.25) is 0 Å². The van der Waals surface area contributed by atoms with Crippen LogP contribution < -0.4 is 19.9 Å². The topological polar surface area (TPSA) is 73.9 Å². The van der Waals surface area contributed by atoms with E-state index in [1.54, 1.807) is 33.5 Å². The van der Waals surface area contributed by atoms with Gasteiger partial charge in [-0.15, -0.1) is 12.4 Å². The maximum Gasteiger partial charge on any atom is 0.203 e. The molecule has 1 rings (SSSR count). The highest BCUT2D eigenvalue weighted by Crippen LogP contribution is 2.40. The summed E-state index contributed by atoms with van der Waals surface area (Å²) in [6.07, 6.45) is -0.227. The van der Waals surface area contributed by atoms with Crippen molar-refractivity contribution < 1.29 is 19.3 Å². The van der Waals surface area contributed by atoms with Crippen LogP contribution in [0.2, 0.25) is 0 Å². The summed E-state index contributed by atoms with van der Waals surface area (Å²) in [7, 11) is 4.65. The largest absolute Gasteiger partial charge is 0.493 e. The first-order valence-electron chi connectivity index (χ1n) is 6.98. The summed E-state index contributed by atoms with van der Waals surface area (Å²) < 4.78 is 15.9. The van der Waals surface area contributed by atoms with Crippen molar-refractivity contribution in [2.75, 3.05) is 21.3 Å². The Morgan fingerprint density at radius 2 is 1.50 bits per heavy atom. The lowest BCUT2D eigenvalue weighted by molar-refractivity contribution is 0.132. The van der Waals surface area contributed by atoms with Gasteiger partial charge < -0.3 is 25.1 Å². The number of nitrogens with two attached hydrogens (primary N) is 1. The molecule has 0 spiro atoms. The van der Waals surface area contributed by atoms with Gasteiger partial charge in [0.15, 0.2) is 11.5 Å². The fourth-order valence-electron chi connectivity index (χ4n) is 2.02. The molecular formula is C16H28ClNO4. The van der Waals surface area contributed by atoms with E-state index in [9.17, 15) is 5.11 Å². The average molecular weight is 334 g/mol. The molecule has 0 unspecified atom stereocenters. The van der Waals surface area contributed by atoms with E-state index >= 15 is 0 Å². The summed E-state index contributed by atoms with van der Waals surface area (Å²) in [5, 5.41) is 10.4. The van der Waals surface area contributed by atoms with Crippen molar-refractivity contribution in [3.8, 4) is 17.2 Å². The summed E-state index contributed by atoms with van der Waals surface area (Å²) in [6, 6.07) is 3.38. The zero-order valence-corrected chi connectivity index (χ0v) is 15.0. The third-order valence-electron chi connectivity index (χ3n) is 3.66. The Morgan fingerprint density at radius 3 is 1.82 bits per heavy atom. The second-order valence-corrected chi connectivity index (χ2v) is 6.18. The van der Waals surface area contributed by atoms with Crippen molar-refractivity contribution in [3.63, 3.8) is 0 Å². The molecule has 5 nitrogen and oxygen atoms in total. The first kappa shape index (κ1) is 20.8. The number of halogens is 1. The van der Waals surface area contributed by atoms with E-state index in [4.69, 9.17) is 19.9 Å². The van der Waals surface area contributed by atoms with Gasteiger partial charge in [-0.05, 0) is 29.5 Å². The maximum absolute atomic E-state index is 10.4. The van der Waals surface area contributed by atoms with Gasteiger partial charge in [0.25, 0.3) is 0 Å². The summed E-state index contributed by atoms with van der Waals surface area (Å²) in [6.45, 7) is 6.17.